The Balaban J connectivity index is 2.30. The Bertz CT molecular complexity index is 190. The molecule has 3 nitrogen and oxygen atoms in total. The van der Waals surface area contributed by atoms with Crippen molar-refractivity contribution in [3.8, 4) is 6.07 Å². The number of hydrogen-bond donors (Lipinski definition) is 1. The molecule has 1 unspecified atom stereocenters. The SMILES string of the molecule is CCNC(C#N)CN1CCCCCCC1. The summed E-state index contributed by atoms with van der Waals surface area (Å²) in [7, 11) is 0. The summed E-state index contributed by atoms with van der Waals surface area (Å²) < 4.78 is 0. The van der Waals surface area contributed by atoms with Gasteiger partial charge in [-0.2, -0.15) is 5.26 Å². The van der Waals surface area contributed by atoms with Crippen molar-refractivity contribution in [3.63, 3.8) is 0 Å². The van der Waals surface area contributed by atoms with Gasteiger partial charge in [-0.25, -0.2) is 0 Å². The Kier molecular flexibility index (Phi) is 6.38. The predicted octanol–water partition coefficient (Wildman–Crippen LogP) is 1.75. The Hall–Kier alpha value is -0.590. The number of rotatable bonds is 4. The summed E-state index contributed by atoms with van der Waals surface area (Å²) in [5, 5.41) is 12.2. The van der Waals surface area contributed by atoms with E-state index in [4.69, 9.17) is 5.26 Å². The Morgan fingerprint density at radius 1 is 1.20 bits per heavy atom. The van der Waals surface area contributed by atoms with Crippen LogP contribution in [0.3, 0.4) is 0 Å². The summed E-state index contributed by atoms with van der Waals surface area (Å²) >= 11 is 0. The summed E-state index contributed by atoms with van der Waals surface area (Å²) in [5.41, 5.74) is 0. The van der Waals surface area contributed by atoms with Gasteiger partial charge in [0.2, 0.25) is 0 Å². The topological polar surface area (TPSA) is 39.1 Å². The minimum atomic E-state index is 0.00873. The first kappa shape index (κ1) is 12.5. The van der Waals surface area contributed by atoms with Crippen molar-refractivity contribution in [2.45, 2.75) is 45.1 Å². The number of nitrogens with one attached hydrogen (secondary N) is 1. The number of likely N-dealkylation sites (N-methyl/N-ethyl adjacent to an activating group) is 1. The first-order valence-corrected chi connectivity index (χ1v) is 6.22. The van der Waals surface area contributed by atoms with E-state index >= 15 is 0 Å². The molecular formula is C12H23N3. The van der Waals surface area contributed by atoms with Crippen LogP contribution in [0.1, 0.15) is 39.0 Å². The van der Waals surface area contributed by atoms with Crippen molar-refractivity contribution in [2.75, 3.05) is 26.2 Å². The molecule has 1 atom stereocenters. The Morgan fingerprint density at radius 3 is 2.33 bits per heavy atom. The van der Waals surface area contributed by atoms with E-state index in [-0.39, 0.29) is 6.04 Å². The summed E-state index contributed by atoms with van der Waals surface area (Å²) in [6, 6.07) is 2.34. The van der Waals surface area contributed by atoms with Crippen molar-refractivity contribution in [1.82, 2.24) is 10.2 Å². The normalized spacial score (nSPS) is 21.3. The van der Waals surface area contributed by atoms with E-state index in [1.54, 1.807) is 0 Å². The maximum Gasteiger partial charge on any atom is 0.108 e. The first-order chi connectivity index (χ1) is 7.36. The van der Waals surface area contributed by atoms with Gasteiger partial charge in [0.25, 0.3) is 0 Å². The van der Waals surface area contributed by atoms with E-state index in [9.17, 15) is 0 Å². The van der Waals surface area contributed by atoms with Crippen LogP contribution >= 0.6 is 0 Å². The summed E-state index contributed by atoms with van der Waals surface area (Å²) in [6.07, 6.45) is 6.70. The van der Waals surface area contributed by atoms with E-state index in [1.165, 1.54) is 45.2 Å². The molecule has 1 N–H and O–H groups in total. The lowest BCUT2D eigenvalue weighted by molar-refractivity contribution is 0.235. The third-order valence-corrected chi connectivity index (χ3v) is 3.00. The molecule has 1 aliphatic heterocycles. The fourth-order valence-electron chi connectivity index (χ4n) is 2.15. The van der Waals surface area contributed by atoms with Crippen molar-refractivity contribution in [2.24, 2.45) is 0 Å². The molecule has 0 aromatic rings. The Morgan fingerprint density at radius 2 is 1.80 bits per heavy atom. The maximum atomic E-state index is 8.97. The molecule has 1 fully saturated rings. The monoisotopic (exact) mass is 209 g/mol. The largest absolute Gasteiger partial charge is 0.301 e. The van der Waals surface area contributed by atoms with Gasteiger partial charge in [0.05, 0.1) is 6.07 Å². The first-order valence-electron chi connectivity index (χ1n) is 6.22. The van der Waals surface area contributed by atoms with Crippen molar-refractivity contribution in [1.29, 1.82) is 5.26 Å². The molecule has 3 heteroatoms. The fraction of sp³-hybridized carbons (Fsp3) is 0.917. The lowest BCUT2D eigenvalue weighted by Crippen LogP contribution is -2.41. The van der Waals surface area contributed by atoms with Gasteiger partial charge >= 0.3 is 0 Å². The Labute approximate surface area is 93.5 Å². The van der Waals surface area contributed by atoms with Crippen molar-refractivity contribution in [3.05, 3.63) is 0 Å². The van der Waals surface area contributed by atoms with Gasteiger partial charge in [-0.05, 0) is 32.5 Å². The maximum absolute atomic E-state index is 8.97. The molecule has 0 aromatic carbocycles. The highest BCUT2D eigenvalue weighted by molar-refractivity contribution is 4.91. The predicted molar refractivity (Wildman–Crippen MR) is 62.6 cm³/mol. The van der Waals surface area contributed by atoms with Gasteiger partial charge in [0, 0.05) is 6.54 Å². The highest BCUT2D eigenvalue weighted by Gasteiger charge is 2.13. The molecule has 1 saturated heterocycles. The van der Waals surface area contributed by atoms with Crippen LogP contribution < -0.4 is 5.32 Å². The molecule has 0 aliphatic carbocycles. The highest BCUT2D eigenvalue weighted by atomic mass is 15.1. The molecule has 0 bridgehead atoms. The minimum Gasteiger partial charge on any atom is -0.301 e. The molecule has 1 rings (SSSR count). The number of nitriles is 1. The molecule has 0 radical (unpaired) electrons. The summed E-state index contributed by atoms with van der Waals surface area (Å²) in [5.74, 6) is 0. The van der Waals surface area contributed by atoms with Crippen LogP contribution in [-0.4, -0.2) is 37.1 Å². The van der Waals surface area contributed by atoms with Gasteiger partial charge in [-0.15, -0.1) is 0 Å². The van der Waals surface area contributed by atoms with Crippen LogP contribution in [0.5, 0.6) is 0 Å². The number of likely N-dealkylation sites (tertiary alicyclic amines) is 1. The van der Waals surface area contributed by atoms with Gasteiger partial charge in [0.1, 0.15) is 6.04 Å². The molecule has 0 saturated carbocycles. The molecule has 1 aliphatic rings. The number of hydrogen-bond acceptors (Lipinski definition) is 3. The molecule has 1 heterocycles. The lowest BCUT2D eigenvalue weighted by atomic mass is 10.1. The molecular weight excluding hydrogens is 186 g/mol. The average molecular weight is 209 g/mol. The van der Waals surface area contributed by atoms with Crippen LogP contribution in [0, 0.1) is 11.3 Å². The molecule has 0 spiro atoms. The van der Waals surface area contributed by atoms with Gasteiger partial charge in [-0.3, -0.25) is 0 Å². The zero-order valence-electron chi connectivity index (χ0n) is 9.84. The van der Waals surface area contributed by atoms with Gasteiger partial charge < -0.3 is 10.2 Å². The lowest BCUT2D eigenvalue weighted by Gasteiger charge is -2.26. The summed E-state index contributed by atoms with van der Waals surface area (Å²) in [4.78, 5) is 2.44. The average Bonchev–Trinajstić information content (AvgIpc) is 2.20. The van der Waals surface area contributed by atoms with Gasteiger partial charge in [0.15, 0.2) is 0 Å². The zero-order valence-corrected chi connectivity index (χ0v) is 9.84. The van der Waals surface area contributed by atoms with E-state index < -0.39 is 0 Å². The third kappa shape index (κ3) is 5.15. The van der Waals surface area contributed by atoms with Crippen LogP contribution in [-0.2, 0) is 0 Å². The van der Waals surface area contributed by atoms with E-state index in [0.29, 0.717) is 0 Å². The van der Waals surface area contributed by atoms with Crippen molar-refractivity contribution >= 4 is 0 Å². The minimum absolute atomic E-state index is 0.00873. The van der Waals surface area contributed by atoms with E-state index in [1.807, 2.05) is 0 Å². The standard InChI is InChI=1S/C12H23N3/c1-2-14-12(10-13)11-15-8-6-4-3-5-7-9-15/h12,14H,2-9,11H2,1H3. The molecule has 0 amide bonds. The van der Waals surface area contributed by atoms with Crippen LogP contribution in [0.15, 0.2) is 0 Å². The second-order valence-corrected chi connectivity index (χ2v) is 4.31. The van der Waals surface area contributed by atoms with Crippen LogP contribution in [0.2, 0.25) is 0 Å². The van der Waals surface area contributed by atoms with E-state index in [0.717, 1.165) is 13.1 Å². The fourth-order valence-corrected chi connectivity index (χ4v) is 2.15. The summed E-state index contributed by atoms with van der Waals surface area (Å²) in [6.45, 7) is 6.17. The molecule has 0 aromatic heterocycles. The molecule has 86 valence electrons. The number of nitrogens with zero attached hydrogens (tertiary/aromatic N) is 2. The van der Waals surface area contributed by atoms with Crippen LogP contribution in [0.25, 0.3) is 0 Å². The van der Waals surface area contributed by atoms with Crippen molar-refractivity contribution < 1.29 is 0 Å². The van der Waals surface area contributed by atoms with Gasteiger partial charge in [-0.1, -0.05) is 26.2 Å². The quantitative estimate of drug-likeness (QED) is 0.766. The molecule has 15 heavy (non-hydrogen) atoms. The highest BCUT2D eigenvalue weighted by Crippen LogP contribution is 2.10. The van der Waals surface area contributed by atoms with E-state index in [2.05, 4.69) is 23.2 Å². The third-order valence-electron chi connectivity index (χ3n) is 3.00. The second-order valence-electron chi connectivity index (χ2n) is 4.31. The smallest absolute Gasteiger partial charge is 0.108 e. The van der Waals surface area contributed by atoms with Crippen LogP contribution in [0.4, 0.5) is 0 Å². The second kappa shape index (κ2) is 7.67. The zero-order chi connectivity index (χ0) is 10.9.